The molecular weight excluding hydrogens is 132 g/mol. The molecule has 0 saturated carbocycles. The van der Waals surface area contributed by atoms with Gasteiger partial charge in [-0.15, -0.1) is 0 Å². The van der Waals surface area contributed by atoms with Crippen LogP contribution in [0.1, 0.15) is 41.5 Å². The van der Waals surface area contributed by atoms with E-state index in [9.17, 15) is 0 Å². The molecular formula is C11H23. The molecule has 1 radical (unpaired) electrons. The van der Waals surface area contributed by atoms with Gasteiger partial charge in [0.15, 0.2) is 0 Å². The fourth-order valence-electron chi connectivity index (χ4n) is 1.29. The highest BCUT2D eigenvalue weighted by Gasteiger charge is 2.26. The second-order valence-corrected chi connectivity index (χ2v) is 4.88. The second kappa shape index (κ2) is 3.60. The lowest BCUT2D eigenvalue weighted by atomic mass is 9.71. The van der Waals surface area contributed by atoms with Gasteiger partial charge in [0, 0.05) is 0 Å². The Balaban J connectivity index is 4.13. The molecule has 0 heterocycles. The Morgan fingerprint density at radius 3 is 1.45 bits per heavy atom. The molecule has 0 nitrogen and oxygen atoms in total. The summed E-state index contributed by atoms with van der Waals surface area (Å²) < 4.78 is 0. The van der Waals surface area contributed by atoms with Crippen LogP contribution < -0.4 is 0 Å². The molecule has 67 valence electrons. The molecule has 0 amide bonds. The molecule has 0 aliphatic carbocycles. The Morgan fingerprint density at radius 2 is 1.36 bits per heavy atom. The third kappa shape index (κ3) is 3.27. The van der Waals surface area contributed by atoms with E-state index < -0.39 is 0 Å². The molecule has 0 N–H and O–H groups in total. The molecule has 0 fully saturated rings. The zero-order valence-corrected chi connectivity index (χ0v) is 8.94. The van der Waals surface area contributed by atoms with E-state index in [2.05, 4.69) is 48.5 Å². The molecule has 0 aliphatic heterocycles. The van der Waals surface area contributed by atoms with Crippen LogP contribution in [-0.4, -0.2) is 0 Å². The standard InChI is InChI=1S/C11H23/c1-8(2)9(3)10(4)11(5,6)7/h8-10H,5H2,1-4,6-7H3. The molecule has 2 unspecified atom stereocenters. The zero-order valence-electron chi connectivity index (χ0n) is 8.94. The Labute approximate surface area is 72.4 Å². The summed E-state index contributed by atoms with van der Waals surface area (Å²) in [5.74, 6) is 2.23. The van der Waals surface area contributed by atoms with Gasteiger partial charge in [0.2, 0.25) is 0 Å². The predicted molar refractivity (Wildman–Crippen MR) is 52.3 cm³/mol. The fraction of sp³-hybridized carbons (Fsp3) is 0.909. The summed E-state index contributed by atoms with van der Waals surface area (Å²) in [4.78, 5) is 0. The first-order valence-corrected chi connectivity index (χ1v) is 4.62. The van der Waals surface area contributed by atoms with Gasteiger partial charge in [-0.3, -0.25) is 0 Å². The van der Waals surface area contributed by atoms with Crippen LogP contribution in [0.3, 0.4) is 0 Å². The van der Waals surface area contributed by atoms with Crippen LogP contribution in [-0.2, 0) is 0 Å². The van der Waals surface area contributed by atoms with Crippen LogP contribution in [0, 0.1) is 30.1 Å². The van der Waals surface area contributed by atoms with Crippen LogP contribution in [0.25, 0.3) is 0 Å². The van der Waals surface area contributed by atoms with E-state index in [1.54, 1.807) is 0 Å². The van der Waals surface area contributed by atoms with Gasteiger partial charge in [-0.05, 0) is 30.1 Å². The van der Waals surface area contributed by atoms with E-state index in [1.165, 1.54) is 0 Å². The SMILES string of the molecule is [CH2]C(C)(C)C(C)C(C)C(C)C. The van der Waals surface area contributed by atoms with Gasteiger partial charge in [-0.25, -0.2) is 0 Å². The van der Waals surface area contributed by atoms with E-state index >= 15 is 0 Å². The van der Waals surface area contributed by atoms with Gasteiger partial charge in [0.1, 0.15) is 0 Å². The first-order chi connectivity index (χ1) is 4.76. The highest BCUT2D eigenvalue weighted by Crippen LogP contribution is 2.34. The van der Waals surface area contributed by atoms with E-state index in [-0.39, 0.29) is 5.41 Å². The highest BCUT2D eigenvalue weighted by atomic mass is 14.3. The van der Waals surface area contributed by atoms with Crippen molar-refractivity contribution in [1.29, 1.82) is 0 Å². The molecule has 2 atom stereocenters. The lowest BCUT2D eigenvalue weighted by Crippen LogP contribution is -2.27. The van der Waals surface area contributed by atoms with Crippen LogP contribution in [0.5, 0.6) is 0 Å². The van der Waals surface area contributed by atoms with Crippen molar-refractivity contribution < 1.29 is 0 Å². The Hall–Kier alpha value is 0. The van der Waals surface area contributed by atoms with E-state index in [0.29, 0.717) is 5.92 Å². The molecule has 0 aromatic carbocycles. The second-order valence-electron chi connectivity index (χ2n) is 4.88. The number of hydrogen-bond donors (Lipinski definition) is 0. The van der Waals surface area contributed by atoms with Gasteiger partial charge in [-0.2, -0.15) is 0 Å². The van der Waals surface area contributed by atoms with Gasteiger partial charge >= 0.3 is 0 Å². The number of rotatable bonds is 3. The molecule has 0 saturated heterocycles. The molecule has 0 spiro atoms. The molecule has 0 aromatic heterocycles. The summed E-state index contributed by atoms with van der Waals surface area (Å²) in [5, 5.41) is 0. The Kier molecular flexibility index (Phi) is 3.60. The maximum atomic E-state index is 4.17. The summed E-state index contributed by atoms with van der Waals surface area (Å²) in [5.41, 5.74) is 0.212. The van der Waals surface area contributed by atoms with Crippen molar-refractivity contribution in [2.45, 2.75) is 41.5 Å². The molecule has 0 rings (SSSR count). The molecule has 0 bridgehead atoms. The van der Waals surface area contributed by atoms with Gasteiger partial charge < -0.3 is 0 Å². The third-order valence-corrected chi connectivity index (χ3v) is 3.07. The highest BCUT2D eigenvalue weighted by molar-refractivity contribution is 4.81. The van der Waals surface area contributed by atoms with Crippen LogP contribution in [0.4, 0.5) is 0 Å². The largest absolute Gasteiger partial charge is 0.0625 e. The van der Waals surface area contributed by atoms with Crippen molar-refractivity contribution in [3.05, 3.63) is 6.92 Å². The van der Waals surface area contributed by atoms with E-state index in [1.807, 2.05) is 0 Å². The van der Waals surface area contributed by atoms with Crippen LogP contribution in [0.2, 0.25) is 0 Å². The maximum Gasteiger partial charge on any atom is -0.0326 e. The minimum atomic E-state index is 0.212. The van der Waals surface area contributed by atoms with E-state index in [4.69, 9.17) is 0 Å². The minimum absolute atomic E-state index is 0.212. The molecule has 0 heteroatoms. The summed E-state index contributed by atoms with van der Waals surface area (Å²) in [6.07, 6.45) is 0. The average molecular weight is 155 g/mol. The first-order valence-electron chi connectivity index (χ1n) is 4.62. The van der Waals surface area contributed by atoms with Gasteiger partial charge in [0.25, 0.3) is 0 Å². The summed E-state index contributed by atoms with van der Waals surface area (Å²) in [6.45, 7) is 17.8. The van der Waals surface area contributed by atoms with Crippen molar-refractivity contribution >= 4 is 0 Å². The van der Waals surface area contributed by atoms with Gasteiger partial charge in [0.05, 0.1) is 0 Å². The van der Waals surface area contributed by atoms with Crippen molar-refractivity contribution in [1.82, 2.24) is 0 Å². The zero-order chi connectivity index (χ0) is 9.23. The van der Waals surface area contributed by atoms with E-state index in [0.717, 1.165) is 11.8 Å². The lowest BCUT2D eigenvalue weighted by molar-refractivity contribution is 0.176. The summed E-state index contributed by atoms with van der Waals surface area (Å²) in [6, 6.07) is 0. The lowest BCUT2D eigenvalue weighted by Gasteiger charge is -2.34. The molecule has 11 heavy (non-hydrogen) atoms. The fourth-order valence-corrected chi connectivity index (χ4v) is 1.29. The van der Waals surface area contributed by atoms with Crippen LogP contribution >= 0.6 is 0 Å². The van der Waals surface area contributed by atoms with Crippen molar-refractivity contribution in [2.75, 3.05) is 0 Å². The minimum Gasteiger partial charge on any atom is -0.0625 e. The predicted octanol–water partition coefficient (Wildman–Crippen LogP) is 3.77. The van der Waals surface area contributed by atoms with Crippen molar-refractivity contribution in [2.24, 2.45) is 23.2 Å². The summed E-state index contributed by atoms with van der Waals surface area (Å²) >= 11 is 0. The van der Waals surface area contributed by atoms with Crippen LogP contribution in [0.15, 0.2) is 0 Å². The Bertz CT molecular complexity index is 106. The third-order valence-electron chi connectivity index (χ3n) is 3.07. The number of hydrogen-bond acceptors (Lipinski definition) is 0. The first kappa shape index (κ1) is 11.0. The molecule has 0 aromatic rings. The average Bonchev–Trinajstić information content (AvgIpc) is 1.82. The summed E-state index contributed by atoms with van der Waals surface area (Å²) in [7, 11) is 0. The monoisotopic (exact) mass is 155 g/mol. The topological polar surface area (TPSA) is 0 Å². The smallest absolute Gasteiger partial charge is 0.0326 e. The maximum absolute atomic E-state index is 4.17. The van der Waals surface area contributed by atoms with Crippen molar-refractivity contribution in [3.8, 4) is 0 Å². The Morgan fingerprint density at radius 1 is 1.00 bits per heavy atom. The van der Waals surface area contributed by atoms with Gasteiger partial charge in [-0.1, -0.05) is 41.5 Å². The normalized spacial score (nSPS) is 18.5. The molecule has 0 aliphatic rings. The quantitative estimate of drug-likeness (QED) is 0.582. The van der Waals surface area contributed by atoms with Crippen molar-refractivity contribution in [3.63, 3.8) is 0 Å².